The number of amides is 1. The first kappa shape index (κ1) is 22.0. The van der Waals surface area contributed by atoms with Gasteiger partial charge in [-0.15, -0.1) is 0 Å². The number of benzene rings is 2. The van der Waals surface area contributed by atoms with E-state index in [0.29, 0.717) is 18.9 Å². The van der Waals surface area contributed by atoms with Gasteiger partial charge in [0.1, 0.15) is 11.9 Å². The lowest BCUT2D eigenvalue weighted by atomic mass is 10.1. The van der Waals surface area contributed by atoms with E-state index in [4.69, 9.17) is 4.74 Å². The number of nitrogens with zero attached hydrogens (tertiary/aromatic N) is 2. The first-order chi connectivity index (χ1) is 14.3. The minimum Gasteiger partial charge on any atom is -0.378 e. The highest BCUT2D eigenvalue weighted by molar-refractivity contribution is 7.92. The van der Waals surface area contributed by atoms with Crippen LogP contribution in [0.4, 0.5) is 21.5 Å². The number of hydrogen-bond donors (Lipinski definition) is 1. The third-order valence-electron chi connectivity index (χ3n) is 4.93. The molecule has 0 aromatic heterocycles. The molecule has 0 radical (unpaired) electrons. The Morgan fingerprint density at radius 3 is 2.37 bits per heavy atom. The van der Waals surface area contributed by atoms with Crippen LogP contribution in [0.1, 0.15) is 13.3 Å². The Morgan fingerprint density at radius 1 is 1.17 bits per heavy atom. The fourth-order valence-electron chi connectivity index (χ4n) is 3.47. The number of halogens is 1. The van der Waals surface area contributed by atoms with Gasteiger partial charge in [-0.05, 0) is 42.8 Å². The van der Waals surface area contributed by atoms with Gasteiger partial charge >= 0.3 is 0 Å². The molecule has 9 heteroatoms. The lowest BCUT2D eigenvalue weighted by Gasteiger charge is -2.30. The summed E-state index contributed by atoms with van der Waals surface area (Å²) in [7, 11) is -3.90. The minimum absolute atomic E-state index is 0.148. The number of sulfonamides is 1. The SMILES string of the molecule is CCC(C(=O)Nc1ccc(N2CCOCC2)cc1)N(c1ccccc1F)S(C)(=O)=O. The summed E-state index contributed by atoms with van der Waals surface area (Å²) in [5, 5.41) is 2.75. The molecule has 0 bridgehead atoms. The van der Waals surface area contributed by atoms with Crippen molar-refractivity contribution in [3.63, 3.8) is 0 Å². The van der Waals surface area contributed by atoms with Crippen molar-refractivity contribution < 1.29 is 22.3 Å². The number of hydrogen-bond acceptors (Lipinski definition) is 5. The standard InChI is InChI=1S/C21H26FN3O4S/c1-3-19(25(30(2,27)28)20-7-5-4-6-18(20)22)21(26)23-16-8-10-17(11-9-16)24-12-14-29-15-13-24/h4-11,19H,3,12-15H2,1-2H3,(H,23,26). The van der Waals surface area contributed by atoms with Gasteiger partial charge < -0.3 is 15.0 Å². The van der Waals surface area contributed by atoms with Crippen molar-refractivity contribution in [3.05, 3.63) is 54.3 Å². The number of carbonyl (C=O) groups excluding carboxylic acids is 1. The molecule has 0 aliphatic carbocycles. The lowest BCUT2D eigenvalue weighted by molar-refractivity contribution is -0.117. The molecule has 1 fully saturated rings. The van der Waals surface area contributed by atoms with Crippen LogP contribution in [0.2, 0.25) is 0 Å². The molecule has 1 atom stereocenters. The molecule has 1 N–H and O–H groups in total. The number of rotatable bonds is 7. The zero-order chi connectivity index (χ0) is 21.7. The van der Waals surface area contributed by atoms with E-state index >= 15 is 0 Å². The molecule has 0 spiro atoms. The molecule has 7 nitrogen and oxygen atoms in total. The molecule has 1 aliphatic heterocycles. The summed E-state index contributed by atoms with van der Waals surface area (Å²) in [5.41, 5.74) is 1.41. The number of morpholine rings is 1. The maximum Gasteiger partial charge on any atom is 0.248 e. The maximum atomic E-state index is 14.3. The monoisotopic (exact) mass is 435 g/mol. The number of para-hydroxylation sites is 1. The van der Waals surface area contributed by atoms with Crippen LogP contribution in [-0.2, 0) is 19.6 Å². The summed E-state index contributed by atoms with van der Waals surface area (Å²) < 4.78 is 45.4. The van der Waals surface area contributed by atoms with E-state index in [-0.39, 0.29) is 12.1 Å². The van der Waals surface area contributed by atoms with Crippen molar-refractivity contribution in [1.29, 1.82) is 0 Å². The van der Waals surface area contributed by atoms with Gasteiger partial charge in [0.25, 0.3) is 0 Å². The second kappa shape index (κ2) is 9.44. The Balaban J connectivity index is 1.80. The van der Waals surface area contributed by atoms with Crippen molar-refractivity contribution in [3.8, 4) is 0 Å². The van der Waals surface area contributed by atoms with E-state index in [9.17, 15) is 17.6 Å². The van der Waals surface area contributed by atoms with Crippen LogP contribution in [0.25, 0.3) is 0 Å². The average Bonchev–Trinajstić information content (AvgIpc) is 2.73. The highest BCUT2D eigenvalue weighted by atomic mass is 32.2. The van der Waals surface area contributed by atoms with E-state index in [2.05, 4.69) is 10.2 Å². The van der Waals surface area contributed by atoms with Crippen LogP contribution in [-0.4, -0.2) is 52.9 Å². The van der Waals surface area contributed by atoms with Crippen LogP contribution in [0.3, 0.4) is 0 Å². The molecule has 1 aliphatic rings. The number of ether oxygens (including phenoxy) is 1. The maximum absolute atomic E-state index is 14.3. The smallest absolute Gasteiger partial charge is 0.248 e. The fourth-order valence-corrected chi connectivity index (χ4v) is 4.68. The van der Waals surface area contributed by atoms with Crippen molar-refractivity contribution in [2.75, 3.05) is 47.1 Å². The minimum atomic E-state index is -3.90. The Bertz CT molecular complexity index is 976. The van der Waals surface area contributed by atoms with Gasteiger partial charge in [-0.1, -0.05) is 19.1 Å². The van der Waals surface area contributed by atoms with Gasteiger partial charge in [-0.25, -0.2) is 12.8 Å². The quantitative estimate of drug-likeness (QED) is 0.724. The van der Waals surface area contributed by atoms with E-state index in [1.165, 1.54) is 24.3 Å². The molecule has 1 amide bonds. The number of carbonyl (C=O) groups is 1. The van der Waals surface area contributed by atoms with Gasteiger partial charge in [0.05, 0.1) is 25.2 Å². The molecule has 1 heterocycles. The number of anilines is 3. The van der Waals surface area contributed by atoms with Crippen molar-refractivity contribution in [2.24, 2.45) is 0 Å². The van der Waals surface area contributed by atoms with Crippen molar-refractivity contribution in [1.82, 2.24) is 0 Å². The highest BCUT2D eigenvalue weighted by Crippen LogP contribution is 2.26. The first-order valence-electron chi connectivity index (χ1n) is 9.79. The molecule has 2 aromatic rings. The molecular weight excluding hydrogens is 409 g/mol. The molecule has 1 unspecified atom stereocenters. The Labute approximate surface area is 176 Å². The van der Waals surface area contributed by atoms with Crippen LogP contribution in [0, 0.1) is 5.82 Å². The Kier molecular flexibility index (Phi) is 6.94. The van der Waals surface area contributed by atoms with Gasteiger partial charge in [-0.2, -0.15) is 0 Å². The Hall–Kier alpha value is -2.65. The highest BCUT2D eigenvalue weighted by Gasteiger charge is 2.33. The van der Waals surface area contributed by atoms with Crippen LogP contribution >= 0.6 is 0 Å². The van der Waals surface area contributed by atoms with Gasteiger partial charge in [0.2, 0.25) is 15.9 Å². The van der Waals surface area contributed by atoms with E-state index in [0.717, 1.165) is 29.3 Å². The molecule has 1 saturated heterocycles. The third kappa shape index (κ3) is 5.09. The van der Waals surface area contributed by atoms with E-state index in [1.54, 1.807) is 19.1 Å². The van der Waals surface area contributed by atoms with Crippen LogP contribution in [0.5, 0.6) is 0 Å². The first-order valence-corrected chi connectivity index (χ1v) is 11.6. The van der Waals surface area contributed by atoms with Crippen LogP contribution < -0.4 is 14.5 Å². The van der Waals surface area contributed by atoms with Crippen molar-refractivity contribution in [2.45, 2.75) is 19.4 Å². The summed E-state index contributed by atoms with van der Waals surface area (Å²) in [6.45, 7) is 4.64. The van der Waals surface area contributed by atoms with Gasteiger partial charge in [0, 0.05) is 24.5 Å². The molecular formula is C21H26FN3O4S. The average molecular weight is 436 g/mol. The summed E-state index contributed by atoms with van der Waals surface area (Å²) in [5.74, 6) is -1.23. The number of nitrogens with one attached hydrogen (secondary N) is 1. The van der Waals surface area contributed by atoms with Gasteiger partial charge in [-0.3, -0.25) is 9.10 Å². The predicted molar refractivity (Wildman–Crippen MR) is 116 cm³/mol. The summed E-state index contributed by atoms with van der Waals surface area (Å²) in [6.07, 6.45) is 1.14. The molecule has 3 rings (SSSR count). The zero-order valence-corrected chi connectivity index (χ0v) is 17.9. The zero-order valence-electron chi connectivity index (χ0n) is 17.0. The third-order valence-corrected chi connectivity index (χ3v) is 6.10. The Morgan fingerprint density at radius 2 is 1.80 bits per heavy atom. The predicted octanol–water partition coefficient (Wildman–Crippen LogP) is 2.85. The largest absolute Gasteiger partial charge is 0.378 e. The van der Waals surface area contributed by atoms with Crippen molar-refractivity contribution >= 4 is 33.0 Å². The second-order valence-corrected chi connectivity index (χ2v) is 8.93. The van der Waals surface area contributed by atoms with Gasteiger partial charge in [0.15, 0.2) is 0 Å². The summed E-state index contributed by atoms with van der Waals surface area (Å²) in [4.78, 5) is 15.1. The fraction of sp³-hybridized carbons (Fsp3) is 0.381. The lowest BCUT2D eigenvalue weighted by Crippen LogP contribution is -2.47. The second-order valence-electron chi connectivity index (χ2n) is 7.07. The van der Waals surface area contributed by atoms with E-state index in [1.807, 2.05) is 12.1 Å². The summed E-state index contributed by atoms with van der Waals surface area (Å²) >= 11 is 0. The van der Waals surface area contributed by atoms with Crippen LogP contribution in [0.15, 0.2) is 48.5 Å². The normalized spacial score (nSPS) is 15.5. The van der Waals surface area contributed by atoms with E-state index < -0.39 is 27.8 Å². The topological polar surface area (TPSA) is 79.0 Å². The summed E-state index contributed by atoms with van der Waals surface area (Å²) in [6, 6.07) is 11.8. The molecule has 2 aromatic carbocycles. The molecule has 0 saturated carbocycles. The molecule has 30 heavy (non-hydrogen) atoms. The molecule has 162 valence electrons.